The van der Waals surface area contributed by atoms with Crippen LogP contribution in [0.5, 0.6) is 0 Å². The van der Waals surface area contributed by atoms with Crippen molar-refractivity contribution in [2.75, 3.05) is 19.6 Å². The van der Waals surface area contributed by atoms with Crippen LogP contribution in [0.1, 0.15) is 38.7 Å². The highest BCUT2D eigenvalue weighted by Crippen LogP contribution is 2.33. The Bertz CT molecular complexity index is 456. The molecule has 2 N–H and O–H groups in total. The van der Waals surface area contributed by atoms with E-state index in [1.54, 1.807) is 0 Å². The van der Waals surface area contributed by atoms with E-state index in [4.69, 9.17) is 5.73 Å². The van der Waals surface area contributed by atoms with E-state index in [-0.39, 0.29) is 23.7 Å². The SMILES string of the molecule is CC(C)(C)CC(=O)N1C[C@@H](CN)[C@H](c2ccccc2)C1.Cl. The number of carbonyl (C=O) groups is 1. The van der Waals surface area contributed by atoms with Crippen molar-refractivity contribution in [1.29, 1.82) is 0 Å². The van der Waals surface area contributed by atoms with E-state index in [1.807, 2.05) is 11.0 Å². The molecule has 0 aromatic heterocycles. The first-order chi connectivity index (χ1) is 9.40. The highest BCUT2D eigenvalue weighted by Gasteiger charge is 2.35. The fourth-order valence-corrected chi connectivity index (χ4v) is 2.96. The van der Waals surface area contributed by atoms with Gasteiger partial charge >= 0.3 is 0 Å². The van der Waals surface area contributed by atoms with Crippen LogP contribution in [0.15, 0.2) is 30.3 Å². The van der Waals surface area contributed by atoms with Gasteiger partial charge in [-0.15, -0.1) is 12.4 Å². The second-order valence-electron chi connectivity index (χ2n) is 7.05. The third kappa shape index (κ3) is 4.72. The zero-order valence-corrected chi connectivity index (χ0v) is 14.0. The molecule has 1 aromatic carbocycles. The second-order valence-corrected chi connectivity index (χ2v) is 7.05. The molecule has 1 heterocycles. The van der Waals surface area contributed by atoms with Crippen LogP contribution in [-0.4, -0.2) is 30.4 Å². The Morgan fingerprint density at radius 1 is 1.24 bits per heavy atom. The molecule has 1 amide bonds. The van der Waals surface area contributed by atoms with Gasteiger partial charge in [-0.05, 0) is 23.4 Å². The number of nitrogens with zero attached hydrogens (tertiary/aromatic N) is 1. The molecule has 0 radical (unpaired) electrons. The summed E-state index contributed by atoms with van der Waals surface area (Å²) in [6, 6.07) is 10.4. The molecule has 1 aliphatic heterocycles. The molecule has 1 fully saturated rings. The molecule has 0 aliphatic carbocycles. The molecule has 1 aromatic rings. The first kappa shape index (κ1) is 18.0. The molecule has 0 bridgehead atoms. The van der Waals surface area contributed by atoms with Crippen molar-refractivity contribution in [3.63, 3.8) is 0 Å². The van der Waals surface area contributed by atoms with Gasteiger partial charge in [0.1, 0.15) is 0 Å². The number of benzene rings is 1. The largest absolute Gasteiger partial charge is 0.342 e. The summed E-state index contributed by atoms with van der Waals surface area (Å²) in [7, 11) is 0. The van der Waals surface area contributed by atoms with Gasteiger partial charge in [-0.1, -0.05) is 51.1 Å². The molecule has 0 saturated carbocycles. The molecule has 0 unspecified atom stereocenters. The molecule has 118 valence electrons. The molecular formula is C17H27ClN2O. The first-order valence-electron chi connectivity index (χ1n) is 7.43. The standard InChI is InChI=1S/C17H26N2O.ClH/c1-17(2,3)9-16(20)19-11-14(10-18)15(12-19)13-7-5-4-6-8-13;/h4-8,14-15H,9-12,18H2,1-3H3;1H/t14-,15+;/m1./s1. The van der Waals surface area contributed by atoms with Crippen LogP contribution in [0, 0.1) is 11.3 Å². The van der Waals surface area contributed by atoms with Gasteiger partial charge < -0.3 is 10.6 Å². The molecule has 21 heavy (non-hydrogen) atoms. The van der Waals surface area contributed by atoms with Crippen LogP contribution in [0.25, 0.3) is 0 Å². The maximum absolute atomic E-state index is 12.4. The number of carbonyl (C=O) groups excluding carboxylic acids is 1. The minimum atomic E-state index is 0. The van der Waals surface area contributed by atoms with Crippen molar-refractivity contribution in [3.05, 3.63) is 35.9 Å². The van der Waals surface area contributed by atoms with Gasteiger partial charge in [0.25, 0.3) is 0 Å². The molecule has 0 spiro atoms. The lowest BCUT2D eigenvalue weighted by molar-refractivity contribution is -0.132. The summed E-state index contributed by atoms with van der Waals surface area (Å²) in [5, 5.41) is 0. The van der Waals surface area contributed by atoms with E-state index < -0.39 is 0 Å². The zero-order valence-electron chi connectivity index (χ0n) is 13.2. The van der Waals surface area contributed by atoms with E-state index in [1.165, 1.54) is 5.56 Å². The topological polar surface area (TPSA) is 46.3 Å². The molecular weight excluding hydrogens is 284 g/mol. The average Bonchev–Trinajstić information content (AvgIpc) is 2.82. The highest BCUT2D eigenvalue weighted by molar-refractivity contribution is 5.85. The van der Waals surface area contributed by atoms with Crippen LogP contribution in [-0.2, 0) is 4.79 Å². The molecule has 1 saturated heterocycles. The lowest BCUT2D eigenvalue weighted by atomic mass is 9.89. The normalized spacial score (nSPS) is 22.0. The fourth-order valence-electron chi connectivity index (χ4n) is 2.96. The molecule has 1 aliphatic rings. The average molecular weight is 311 g/mol. The Morgan fingerprint density at radius 2 is 1.86 bits per heavy atom. The van der Waals surface area contributed by atoms with Crippen LogP contribution in [0.3, 0.4) is 0 Å². The van der Waals surface area contributed by atoms with Gasteiger partial charge in [0.15, 0.2) is 0 Å². The van der Waals surface area contributed by atoms with E-state index >= 15 is 0 Å². The Balaban J connectivity index is 0.00000220. The lowest BCUT2D eigenvalue weighted by Crippen LogP contribution is -2.32. The third-order valence-corrected chi connectivity index (χ3v) is 4.01. The van der Waals surface area contributed by atoms with Gasteiger partial charge in [0, 0.05) is 25.4 Å². The maximum atomic E-state index is 12.4. The Labute approximate surface area is 134 Å². The number of nitrogens with two attached hydrogens (primary N) is 1. The van der Waals surface area contributed by atoms with Gasteiger partial charge in [0.05, 0.1) is 0 Å². The smallest absolute Gasteiger partial charge is 0.223 e. The minimum Gasteiger partial charge on any atom is -0.342 e. The maximum Gasteiger partial charge on any atom is 0.223 e. The van der Waals surface area contributed by atoms with Crippen molar-refractivity contribution < 1.29 is 4.79 Å². The zero-order chi connectivity index (χ0) is 14.8. The first-order valence-corrected chi connectivity index (χ1v) is 7.43. The fraction of sp³-hybridized carbons (Fsp3) is 0.588. The number of amides is 1. The summed E-state index contributed by atoms with van der Waals surface area (Å²) >= 11 is 0. The van der Waals surface area contributed by atoms with Crippen LogP contribution < -0.4 is 5.73 Å². The van der Waals surface area contributed by atoms with Crippen molar-refractivity contribution in [2.45, 2.75) is 33.1 Å². The summed E-state index contributed by atoms with van der Waals surface area (Å²) in [4.78, 5) is 14.4. The quantitative estimate of drug-likeness (QED) is 0.932. The van der Waals surface area contributed by atoms with Gasteiger partial charge in [0.2, 0.25) is 5.91 Å². The van der Waals surface area contributed by atoms with Crippen molar-refractivity contribution in [1.82, 2.24) is 4.90 Å². The minimum absolute atomic E-state index is 0. The molecule has 2 rings (SSSR count). The Hall–Kier alpha value is -1.06. The van der Waals surface area contributed by atoms with Crippen LogP contribution in [0.2, 0.25) is 0 Å². The van der Waals surface area contributed by atoms with E-state index in [2.05, 4.69) is 45.0 Å². The molecule has 4 heteroatoms. The van der Waals surface area contributed by atoms with Gasteiger partial charge in [-0.3, -0.25) is 4.79 Å². The van der Waals surface area contributed by atoms with Crippen molar-refractivity contribution >= 4 is 18.3 Å². The van der Waals surface area contributed by atoms with E-state index in [0.717, 1.165) is 13.1 Å². The third-order valence-electron chi connectivity index (χ3n) is 4.01. The highest BCUT2D eigenvalue weighted by atomic mass is 35.5. The van der Waals surface area contributed by atoms with E-state index in [9.17, 15) is 4.79 Å². The Kier molecular flexibility index (Phi) is 6.24. The predicted octanol–water partition coefficient (Wildman–Crippen LogP) is 3.05. The molecule has 3 nitrogen and oxygen atoms in total. The Morgan fingerprint density at radius 3 is 2.38 bits per heavy atom. The summed E-state index contributed by atoms with van der Waals surface area (Å²) in [6.45, 7) is 8.56. The number of likely N-dealkylation sites (tertiary alicyclic amines) is 1. The molecule has 2 atom stereocenters. The number of hydrogen-bond acceptors (Lipinski definition) is 2. The van der Waals surface area contributed by atoms with Crippen LogP contribution in [0.4, 0.5) is 0 Å². The summed E-state index contributed by atoms with van der Waals surface area (Å²) in [6.07, 6.45) is 0.603. The van der Waals surface area contributed by atoms with E-state index in [0.29, 0.717) is 24.8 Å². The summed E-state index contributed by atoms with van der Waals surface area (Å²) < 4.78 is 0. The monoisotopic (exact) mass is 310 g/mol. The lowest BCUT2D eigenvalue weighted by Gasteiger charge is -2.23. The predicted molar refractivity (Wildman–Crippen MR) is 89.6 cm³/mol. The van der Waals surface area contributed by atoms with Crippen LogP contribution >= 0.6 is 12.4 Å². The van der Waals surface area contributed by atoms with Gasteiger partial charge in [-0.25, -0.2) is 0 Å². The number of halogens is 1. The van der Waals surface area contributed by atoms with Gasteiger partial charge in [-0.2, -0.15) is 0 Å². The summed E-state index contributed by atoms with van der Waals surface area (Å²) in [5.41, 5.74) is 7.25. The second kappa shape index (κ2) is 7.28. The van der Waals surface area contributed by atoms with Crippen molar-refractivity contribution in [3.8, 4) is 0 Å². The summed E-state index contributed by atoms with van der Waals surface area (Å²) in [5.74, 6) is 1.01. The number of rotatable bonds is 3. The number of hydrogen-bond donors (Lipinski definition) is 1. The van der Waals surface area contributed by atoms with Crippen molar-refractivity contribution in [2.24, 2.45) is 17.1 Å².